The number of fused-ring (bicyclic) bond motifs is 1. The van der Waals surface area contributed by atoms with Gasteiger partial charge in [0.25, 0.3) is 5.91 Å². The van der Waals surface area contributed by atoms with E-state index in [2.05, 4.69) is 16.8 Å². The van der Waals surface area contributed by atoms with E-state index in [1.165, 1.54) is 0 Å². The quantitative estimate of drug-likeness (QED) is 0.737. The van der Waals surface area contributed by atoms with Gasteiger partial charge in [-0.25, -0.2) is 0 Å². The van der Waals surface area contributed by atoms with E-state index in [1.807, 2.05) is 41.6 Å². The first-order chi connectivity index (χ1) is 13.8. The number of carbonyl (C=O) groups is 1. The van der Waals surface area contributed by atoms with Crippen molar-refractivity contribution < 1.29 is 14.3 Å². The van der Waals surface area contributed by atoms with Crippen molar-refractivity contribution in [1.82, 2.24) is 9.88 Å². The van der Waals surface area contributed by atoms with Gasteiger partial charge in [0.2, 0.25) is 0 Å². The Morgan fingerprint density at radius 1 is 1.21 bits per heavy atom. The van der Waals surface area contributed by atoms with Crippen molar-refractivity contribution in [2.24, 2.45) is 0 Å². The number of morpholine rings is 1. The van der Waals surface area contributed by atoms with Crippen molar-refractivity contribution in [3.63, 3.8) is 0 Å². The first kappa shape index (κ1) is 18.7. The van der Waals surface area contributed by atoms with Crippen LogP contribution in [0.3, 0.4) is 0 Å². The molecule has 0 spiro atoms. The topological polar surface area (TPSA) is 54.9 Å². The summed E-state index contributed by atoms with van der Waals surface area (Å²) in [6.45, 7) is 7.34. The summed E-state index contributed by atoms with van der Waals surface area (Å²) in [7, 11) is 0. The Morgan fingerprint density at radius 3 is 2.89 bits per heavy atom. The number of anilines is 1. The minimum absolute atomic E-state index is 0.136. The summed E-state index contributed by atoms with van der Waals surface area (Å²) >= 11 is 0. The molecule has 2 aliphatic rings. The largest absolute Gasteiger partial charge is 0.489 e. The molecule has 148 valence electrons. The smallest absolute Gasteiger partial charge is 0.254 e. The van der Waals surface area contributed by atoms with Crippen molar-refractivity contribution >= 4 is 11.6 Å². The van der Waals surface area contributed by atoms with Crippen LogP contribution in [0, 0.1) is 0 Å². The van der Waals surface area contributed by atoms with Crippen LogP contribution in [0.2, 0.25) is 0 Å². The summed E-state index contributed by atoms with van der Waals surface area (Å²) in [4.78, 5) is 21.0. The second-order valence-corrected chi connectivity index (χ2v) is 7.29. The first-order valence-electron chi connectivity index (χ1n) is 10.1. The number of ether oxygens (including phenoxy) is 2. The molecule has 1 fully saturated rings. The Bertz CT molecular complexity index is 834. The number of pyridine rings is 1. The molecule has 0 radical (unpaired) electrons. The van der Waals surface area contributed by atoms with Crippen molar-refractivity contribution in [1.29, 1.82) is 0 Å². The summed E-state index contributed by atoms with van der Waals surface area (Å²) in [5.74, 6) is 0.928. The van der Waals surface area contributed by atoms with Gasteiger partial charge in [-0.05, 0) is 36.2 Å². The third kappa shape index (κ3) is 3.97. The molecule has 2 aliphatic heterocycles. The molecule has 0 saturated carbocycles. The predicted molar refractivity (Wildman–Crippen MR) is 108 cm³/mol. The maximum Gasteiger partial charge on any atom is 0.254 e. The van der Waals surface area contributed by atoms with Gasteiger partial charge < -0.3 is 19.3 Å². The number of benzene rings is 1. The van der Waals surface area contributed by atoms with E-state index in [0.29, 0.717) is 13.2 Å². The molecule has 1 amide bonds. The van der Waals surface area contributed by atoms with Gasteiger partial charge in [-0.15, -0.1) is 0 Å². The second kappa shape index (κ2) is 8.61. The summed E-state index contributed by atoms with van der Waals surface area (Å²) in [6.07, 6.45) is 5.81. The number of unbranched alkanes of at least 4 members (excludes halogenated alkanes) is 1. The highest BCUT2D eigenvalue weighted by molar-refractivity contribution is 5.98. The van der Waals surface area contributed by atoms with E-state index in [9.17, 15) is 4.79 Å². The number of carbonyl (C=O) groups excluding carboxylic acids is 1. The van der Waals surface area contributed by atoms with Crippen LogP contribution >= 0.6 is 0 Å². The van der Waals surface area contributed by atoms with Crippen LogP contribution in [-0.4, -0.2) is 48.6 Å². The second-order valence-electron chi connectivity index (χ2n) is 7.29. The minimum Gasteiger partial charge on any atom is -0.489 e. The summed E-state index contributed by atoms with van der Waals surface area (Å²) < 4.78 is 11.5. The standard InChI is InChI=1S/C22H27N3O3/c1-2-3-8-25-15-17-13-19(4-5-20(17)22(25)26)28-16-18-14-23-7-6-21(18)24-9-11-27-12-10-24/h4-7,13-14H,2-3,8-12,15-16H2,1H3. The number of nitrogens with zero attached hydrogens (tertiary/aromatic N) is 3. The molecule has 1 aromatic heterocycles. The number of amides is 1. The maximum absolute atomic E-state index is 12.5. The van der Waals surface area contributed by atoms with E-state index in [4.69, 9.17) is 9.47 Å². The van der Waals surface area contributed by atoms with E-state index in [1.54, 1.807) is 0 Å². The Morgan fingerprint density at radius 2 is 2.07 bits per heavy atom. The normalized spacial score (nSPS) is 16.4. The lowest BCUT2D eigenvalue weighted by atomic mass is 10.1. The molecule has 1 saturated heterocycles. The highest BCUT2D eigenvalue weighted by Crippen LogP contribution is 2.28. The monoisotopic (exact) mass is 381 g/mol. The maximum atomic E-state index is 12.5. The van der Waals surface area contributed by atoms with Crippen LogP contribution in [0.4, 0.5) is 5.69 Å². The van der Waals surface area contributed by atoms with Crippen LogP contribution in [0.25, 0.3) is 0 Å². The highest BCUT2D eigenvalue weighted by atomic mass is 16.5. The molecule has 6 nitrogen and oxygen atoms in total. The van der Waals surface area contributed by atoms with Gasteiger partial charge in [-0.2, -0.15) is 0 Å². The number of rotatable bonds is 7. The van der Waals surface area contributed by atoms with Crippen LogP contribution in [0.1, 0.15) is 41.3 Å². The lowest BCUT2D eigenvalue weighted by Gasteiger charge is -2.30. The van der Waals surface area contributed by atoms with E-state index >= 15 is 0 Å². The van der Waals surface area contributed by atoms with Gasteiger partial charge in [0.15, 0.2) is 0 Å². The fourth-order valence-electron chi connectivity index (χ4n) is 3.78. The van der Waals surface area contributed by atoms with Gasteiger partial charge >= 0.3 is 0 Å². The summed E-state index contributed by atoms with van der Waals surface area (Å²) in [5.41, 5.74) is 4.07. The Labute approximate surface area is 166 Å². The minimum atomic E-state index is 0.136. The Hall–Kier alpha value is -2.60. The first-order valence-corrected chi connectivity index (χ1v) is 10.1. The average molecular weight is 381 g/mol. The SMILES string of the molecule is CCCCN1Cc2cc(OCc3cnccc3N3CCOCC3)ccc2C1=O. The predicted octanol–water partition coefficient (Wildman–Crippen LogP) is 3.25. The molecule has 2 aromatic rings. The molecule has 1 aromatic carbocycles. The van der Waals surface area contributed by atoms with Gasteiger partial charge in [-0.1, -0.05) is 13.3 Å². The molecule has 0 atom stereocenters. The van der Waals surface area contributed by atoms with Gasteiger partial charge in [-0.3, -0.25) is 9.78 Å². The zero-order valence-corrected chi connectivity index (χ0v) is 16.4. The highest BCUT2D eigenvalue weighted by Gasteiger charge is 2.27. The lowest BCUT2D eigenvalue weighted by Crippen LogP contribution is -2.36. The van der Waals surface area contributed by atoms with Gasteiger partial charge in [0, 0.05) is 55.4 Å². The molecule has 0 N–H and O–H groups in total. The molecular formula is C22H27N3O3. The zero-order chi connectivity index (χ0) is 19.3. The summed E-state index contributed by atoms with van der Waals surface area (Å²) in [5, 5.41) is 0. The molecule has 3 heterocycles. The van der Waals surface area contributed by atoms with Crippen LogP contribution in [0.5, 0.6) is 5.75 Å². The number of aromatic nitrogens is 1. The van der Waals surface area contributed by atoms with Crippen molar-refractivity contribution in [3.05, 3.63) is 53.3 Å². The van der Waals surface area contributed by atoms with Crippen LogP contribution < -0.4 is 9.64 Å². The fourth-order valence-corrected chi connectivity index (χ4v) is 3.78. The molecule has 0 bridgehead atoms. The van der Waals surface area contributed by atoms with Crippen LogP contribution in [-0.2, 0) is 17.9 Å². The van der Waals surface area contributed by atoms with E-state index in [-0.39, 0.29) is 5.91 Å². The third-order valence-corrected chi connectivity index (χ3v) is 5.36. The van der Waals surface area contributed by atoms with Crippen molar-refractivity contribution in [2.45, 2.75) is 32.9 Å². The van der Waals surface area contributed by atoms with E-state index in [0.717, 1.165) is 73.8 Å². The average Bonchev–Trinajstić information content (AvgIpc) is 3.06. The molecule has 0 aliphatic carbocycles. The van der Waals surface area contributed by atoms with E-state index < -0.39 is 0 Å². The molecule has 28 heavy (non-hydrogen) atoms. The molecule has 6 heteroatoms. The Balaban J connectivity index is 1.44. The van der Waals surface area contributed by atoms with Gasteiger partial charge in [0.1, 0.15) is 12.4 Å². The number of hydrogen-bond acceptors (Lipinski definition) is 5. The lowest BCUT2D eigenvalue weighted by molar-refractivity contribution is 0.0776. The molecule has 4 rings (SSSR count). The van der Waals surface area contributed by atoms with Crippen molar-refractivity contribution in [2.75, 3.05) is 37.7 Å². The molecular weight excluding hydrogens is 354 g/mol. The van der Waals surface area contributed by atoms with Crippen LogP contribution in [0.15, 0.2) is 36.7 Å². The Kier molecular flexibility index (Phi) is 5.76. The summed E-state index contributed by atoms with van der Waals surface area (Å²) in [6, 6.07) is 7.83. The third-order valence-electron chi connectivity index (χ3n) is 5.36. The fraction of sp³-hybridized carbons (Fsp3) is 0.455. The van der Waals surface area contributed by atoms with Crippen molar-refractivity contribution in [3.8, 4) is 5.75 Å². The number of hydrogen-bond donors (Lipinski definition) is 0. The van der Waals surface area contributed by atoms with Gasteiger partial charge in [0.05, 0.1) is 13.2 Å². The molecule has 0 unspecified atom stereocenters. The zero-order valence-electron chi connectivity index (χ0n) is 16.4.